The van der Waals surface area contributed by atoms with Gasteiger partial charge in [0.15, 0.2) is 0 Å². The van der Waals surface area contributed by atoms with Crippen LogP contribution in [0, 0.1) is 11.3 Å². The lowest BCUT2D eigenvalue weighted by atomic mass is 10.0. The van der Waals surface area contributed by atoms with E-state index in [9.17, 15) is 0 Å². The number of aromatic amines is 1. The second kappa shape index (κ2) is 6.98. The molecule has 130 valence electrons. The van der Waals surface area contributed by atoms with Gasteiger partial charge in [0.2, 0.25) is 5.82 Å². The lowest BCUT2D eigenvalue weighted by Gasteiger charge is -2.12. The number of H-pyrrole nitrogens is 1. The zero-order valence-electron chi connectivity index (χ0n) is 14.2. The van der Waals surface area contributed by atoms with Crippen LogP contribution in [-0.4, -0.2) is 20.6 Å². The maximum atomic E-state index is 8.94. The van der Waals surface area contributed by atoms with Gasteiger partial charge < -0.3 is 11.1 Å². The summed E-state index contributed by atoms with van der Waals surface area (Å²) in [5, 5.41) is 26.3. The van der Waals surface area contributed by atoms with Gasteiger partial charge in [0.25, 0.3) is 0 Å². The molecule has 4 N–H and O–H groups in total. The Kier molecular flexibility index (Phi) is 4.21. The third kappa shape index (κ3) is 3.45. The Hall–Kier alpha value is -4.18. The molecule has 0 aliphatic heterocycles. The highest BCUT2D eigenvalue weighted by molar-refractivity contribution is 5.79. The predicted octanol–water partition coefficient (Wildman–Crippen LogP) is 3.73. The SMILES string of the molecule is N#Cc1ccc(-c2cccc(Nc3cc(-c4nn[nH]n4)ccc3N)c2)cc1. The van der Waals surface area contributed by atoms with Gasteiger partial charge in [-0.05, 0) is 58.8 Å². The van der Waals surface area contributed by atoms with Crippen LogP contribution in [0.1, 0.15) is 5.56 Å². The Morgan fingerprint density at radius 1 is 0.926 bits per heavy atom. The fraction of sp³-hybridized carbons (Fsp3) is 0. The largest absolute Gasteiger partial charge is 0.397 e. The third-order valence-electron chi connectivity index (χ3n) is 4.15. The van der Waals surface area contributed by atoms with Crippen LogP contribution in [0.3, 0.4) is 0 Å². The van der Waals surface area contributed by atoms with Crippen LogP contribution in [0.25, 0.3) is 22.5 Å². The van der Waals surface area contributed by atoms with Crippen molar-refractivity contribution < 1.29 is 0 Å². The number of nitriles is 1. The smallest absolute Gasteiger partial charge is 0.204 e. The molecule has 1 heterocycles. The Morgan fingerprint density at radius 3 is 2.48 bits per heavy atom. The molecule has 1 aromatic heterocycles. The number of nitrogens with zero attached hydrogens (tertiary/aromatic N) is 4. The molecule has 27 heavy (non-hydrogen) atoms. The van der Waals surface area contributed by atoms with E-state index in [-0.39, 0.29) is 0 Å². The highest BCUT2D eigenvalue weighted by atomic mass is 15.5. The molecule has 0 aliphatic rings. The van der Waals surface area contributed by atoms with E-state index in [0.717, 1.165) is 28.1 Å². The van der Waals surface area contributed by atoms with Crippen LogP contribution in [0.2, 0.25) is 0 Å². The summed E-state index contributed by atoms with van der Waals surface area (Å²) < 4.78 is 0. The Bertz CT molecular complexity index is 1110. The maximum absolute atomic E-state index is 8.94. The summed E-state index contributed by atoms with van der Waals surface area (Å²) in [6.07, 6.45) is 0. The Labute approximate surface area is 155 Å². The van der Waals surface area contributed by atoms with Crippen molar-refractivity contribution in [1.82, 2.24) is 20.6 Å². The second-order valence-corrected chi connectivity index (χ2v) is 5.93. The van der Waals surface area contributed by atoms with Crippen molar-refractivity contribution in [2.75, 3.05) is 11.1 Å². The van der Waals surface area contributed by atoms with E-state index in [2.05, 4.69) is 32.0 Å². The van der Waals surface area contributed by atoms with E-state index in [1.54, 1.807) is 6.07 Å². The molecule has 4 aromatic rings. The number of tetrazole rings is 1. The van der Waals surface area contributed by atoms with Crippen molar-refractivity contribution in [2.24, 2.45) is 0 Å². The first kappa shape index (κ1) is 16.3. The van der Waals surface area contributed by atoms with Gasteiger partial charge in [-0.1, -0.05) is 24.3 Å². The minimum absolute atomic E-state index is 0.504. The van der Waals surface area contributed by atoms with E-state index < -0.39 is 0 Å². The van der Waals surface area contributed by atoms with Crippen molar-refractivity contribution in [3.05, 3.63) is 72.3 Å². The average Bonchev–Trinajstić information content (AvgIpc) is 3.25. The molecule has 0 saturated heterocycles. The Balaban J connectivity index is 1.63. The highest BCUT2D eigenvalue weighted by Gasteiger charge is 2.08. The molecule has 7 heteroatoms. The molecule has 0 spiro atoms. The van der Waals surface area contributed by atoms with Crippen molar-refractivity contribution in [3.8, 4) is 28.6 Å². The number of aromatic nitrogens is 4. The summed E-state index contributed by atoms with van der Waals surface area (Å²) in [5.41, 5.74) is 11.9. The summed E-state index contributed by atoms with van der Waals surface area (Å²) in [5.74, 6) is 0.504. The number of nitrogens with two attached hydrogens (primary N) is 1. The molecule has 0 bridgehead atoms. The van der Waals surface area contributed by atoms with Crippen molar-refractivity contribution in [1.29, 1.82) is 5.26 Å². The number of hydrogen-bond acceptors (Lipinski definition) is 6. The molecule has 0 radical (unpaired) electrons. The van der Waals surface area contributed by atoms with E-state index in [4.69, 9.17) is 11.0 Å². The third-order valence-corrected chi connectivity index (χ3v) is 4.15. The first-order valence-electron chi connectivity index (χ1n) is 8.24. The second-order valence-electron chi connectivity index (χ2n) is 5.93. The topological polar surface area (TPSA) is 116 Å². The van der Waals surface area contributed by atoms with E-state index in [1.807, 2.05) is 60.7 Å². The van der Waals surface area contributed by atoms with Crippen molar-refractivity contribution in [2.45, 2.75) is 0 Å². The van der Waals surface area contributed by atoms with Crippen molar-refractivity contribution in [3.63, 3.8) is 0 Å². The van der Waals surface area contributed by atoms with Gasteiger partial charge in [-0.3, -0.25) is 0 Å². The fourth-order valence-electron chi connectivity index (χ4n) is 2.76. The first-order valence-corrected chi connectivity index (χ1v) is 8.24. The van der Waals surface area contributed by atoms with Crippen LogP contribution in [-0.2, 0) is 0 Å². The van der Waals surface area contributed by atoms with E-state index in [0.29, 0.717) is 17.1 Å². The molecule has 4 rings (SSSR count). The molecule has 0 saturated carbocycles. The van der Waals surface area contributed by atoms with E-state index in [1.165, 1.54) is 0 Å². The fourth-order valence-corrected chi connectivity index (χ4v) is 2.76. The Morgan fingerprint density at radius 2 is 1.74 bits per heavy atom. The van der Waals surface area contributed by atoms with Gasteiger partial charge in [0.1, 0.15) is 0 Å². The van der Waals surface area contributed by atoms with Gasteiger partial charge in [-0.2, -0.15) is 10.5 Å². The van der Waals surface area contributed by atoms with Gasteiger partial charge in [-0.25, -0.2) is 0 Å². The van der Waals surface area contributed by atoms with Crippen LogP contribution < -0.4 is 11.1 Å². The standard InChI is InChI=1S/C20H15N7/c21-12-13-4-6-14(7-5-13)15-2-1-3-17(10-15)23-19-11-16(8-9-18(19)22)20-24-26-27-25-20/h1-11,23H,22H2,(H,24,25,26,27). The zero-order chi connectivity index (χ0) is 18.6. The van der Waals surface area contributed by atoms with Crippen LogP contribution >= 0.6 is 0 Å². The molecule has 0 unspecified atom stereocenters. The molecule has 0 amide bonds. The van der Waals surface area contributed by atoms with Gasteiger partial charge >= 0.3 is 0 Å². The molecule has 0 atom stereocenters. The predicted molar refractivity (Wildman–Crippen MR) is 104 cm³/mol. The van der Waals surface area contributed by atoms with Gasteiger partial charge in [-0.15, -0.1) is 10.2 Å². The summed E-state index contributed by atoms with van der Waals surface area (Å²) >= 11 is 0. The van der Waals surface area contributed by atoms with Gasteiger partial charge in [0.05, 0.1) is 23.0 Å². The number of anilines is 3. The lowest BCUT2D eigenvalue weighted by Crippen LogP contribution is -1.97. The van der Waals surface area contributed by atoms with E-state index >= 15 is 0 Å². The summed E-state index contributed by atoms with van der Waals surface area (Å²) in [6.45, 7) is 0. The molecule has 7 nitrogen and oxygen atoms in total. The molecular weight excluding hydrogens is 338 g/mol. The first-order chi connectivity index (χ1) is 13.2. The quantitative estimate of drug-likeness (QED) is 0.481. The minimum Gasteiger partial charge on any atom is -0.397 e. The minimum atomic E-state index is 0.504. The number of rotatable bonds is 4. The number of nitrogen functional groups attached to an aromatic ring is 1. The molecule has 3 aromatic carbocycles. The number of nitrogens with one attached hydrogen (secondary N) is 2. The normalized spacial score (nSPS) is 10.3. The van der Waals surface area contributed by atoms with Crippen molar-refractivity contribution >= 4 is 17.1 Å². The van der Waals surface area contributed by atoms with Crippen LogP contribution in [0.15, 0.2) is 66.7 Å². The zero-order valence-corrected chi connectivity index (χ0v) is 14.2. The molecule has 0 aliphatic carbocycles. The number of hydrogen-bond donors (Lipinski definition) is 3. The molecule has 0 fully saturated rings. The van der Waals surface area contributed by atoms with Gasteiger partial charge in [0, 0.05) is 11.3 Å². The van der Waals surface area contributed by atoms with Crippen LogP contribution in [0.4, 0.5) is 17.1 Å². The average molecular weight is 353 g/mol. The summed E-state index contributed by atoms with van der Waals surface area (Å²) in [6, 6.07) is 23.1. The summed E-state index contributed by atoms with van der Waals surface area (Å²) in [4.78, 5) is 0. The maximum Gasteiger partial charge on any atom is 0.204 e. The number of benzene rings is 3. The monoisotopic (exact) mass is 353 g/mol. The summed E-state index contributed by atoms with van der Waals surface area (Å²) in [7, 11) is 0. The molecular formula is C20H15N7. The van der Waals surface area contributed by atoms with Crippen LogP contribution in [0.5, 0.6) is 0 Å². The lowest BCUT2D eigenvalue weighted by molar-refractivity contribution is 0.881. The highest BCUT2D eigenvalue weighted by Crippen LogP contribution is 2.30.